The van der Waals surface area contributed by atoms with E-state index in [1.165, 1.54) is 0 Å². The lowest BCUT2D eigenvalue weighted by molar-refractivity contribution is -0.143. The van der Waals surface area contributed by atoms with E-state index in [1.54, 1.807) is 6.92 Å². The quantitative estimate of drug-likeness (QED) is 0.584. The first-order chi connectivity index (χ1) is 8.22. The molecular weight excluding hydrogens is 216 g/mol. The number of hydrogen-bond donors (Lipinski definition) is 0. The number of carbonyl (C=O) groups is 1. The smallest absolute Gasteiger partial charge is 0.334 e. The largest absolute Gasteiger partial charge is 0.350 e. The number of para-hydroxylation sites is 1. The summed E-state index contributed by atoms with van der Waals surface area (Å²) in [5, 5.41) is 5.51. The van der Waals surface area contributed by atoms with Crippen molar-refractivity contribution in [3.8, 4) is 0 Å². The fourth-order valence-electron chi connectivity index (χ4n) is 1.59. The second kappa shape index (κ2) is 4.82. The lowest BCUT2D eigenvalue weighted by Gasteiger charge is -2.04. The van der Waals surface area contributed by atoms with Gasteiger partial charge in [-0.3, -0.25) is 0 Å². The predicted molar refractivity (Wildman–Crippen MR) is 64.9 cm³/mol. The summed E-state index contributed by atoms with van der Waals surface area (Å²) in [7, 11) is 1.96. The van der Waals surface area contributed by atoms with Gasteiger partial charge in [0.15, 0.2) is 0 Å². The molecule has 0 amide bonds. The highest BCUT2D eigenvalue weighted by Gasteiger charge is 1.99. The SMILES string of the molecule is CCC(=O)O/N=c1\ccn(C)c2ccccc12. The van der Waals surface area contributed by atoms with Gasteiger partial charge in [0, 0.05) is 30.6 Å². The Hall–Kier alpha value is -2.10. The van der Waals surface area contributed by atoms with Gasteiger partial charge in [0.2, 0.25) is 0 Å². The number of aromatic nitrogens is 1. The summed E-state index contributed by atoms with van der Waals surface area (Å²) < 4.78 is 2.00. The second-order valence-corrected chi connectivity index (χ2v) is 3.74. The van der Waals surface area contributed by atoms with Gasteiger partial charge in [0.05, 0.1) is 0 Å². The molecule has 2 aromatic rings. The van der Waals surface area contributed by atoms with E-state index in [1.807, 2.05) is 48.1 Å². The molecule has 0 bridgehead atoms. The molecule has 0 N–H and O–H groups in total. The summed E-state index contributed by atoms with van der Waals surface area (Å²) in [5.41, 5.74) is 1.04. The minimum absolute atomic E-state index is 0.321. The van der Waals surface area contributed by atoms with Gasteiger partial charge in [-0.25, -0.2) is 4.79 Å². The number of rotatable bonds is 2. The molecule has 1 heterocycles. The van der Waals surface area contributed by atoms with Crippen molar-refractivity contribution in [3.05, 3.63) is 41.9 Å². The van der Waals surface area contributed by atoms with E-state index in [0.29, 0.717) is 11.8 Å². The van der Waals surface area contributed by atoms with Crippen molar-refractivity contribution in [1.29, 1.82) is 0 Å². The van der Waals surface area contributed by atoms with Gasteiger partial charge >= 0.3 is 5.97 Å². The molecule has 88 valence electrons. The minimum Gasteiger partial charge on any atom is -0.350 e. The van der Waals surface area contributed by atoms with Crippen molar-refractivity contribution in [1.82, 2.24) is 4.57 Å². The summed E-state index contributed by atoms with van der Waals surface area (Å²) in [4.78, 5) is 15.9. The third-order valence-corrected chi connectivity index (χ3v) is 2.55. The van der Waals surface area contributed by atoms with Gasteiger partial charge < -0.3 is 9.40 Å². The Morgan fingerprint density at radius 2 is 2.12 bits per heavy atom. The zero-order valence-corrected chi connectivity index (χ0v) is 9.88. The molecule has 0 fully saturated rings. The van der Waals surface area contributed by atoms with Crippen LogP contribution in [0.3, 0.4) is 0 Å². The summed E-state index contributed by atoms with van der Waals surface area (Å²) in [5.74, 6) is -0.331. The second-order valence-electron chi connectivity index (χ2n) is 3.74. The minimum atomic E-state index is -0.331. The Balaban J connectivity index is 2.55. The monoisotopic (exact) mass is 230 g/mol. The van der Waals surface area contributed by atoms with E-state index in [4.69, 9.17) is 4.84 Å². The number of hydrogen-bond acceptors (Lipinski definition) is 3. The predicted octanol–water partition coefficient (Wildman–Crippen LogP) is 1.95. The number of aryl methyl sites for hydroxylation is 1. The number of pyridine rings is 1. The normalized spacial score (nSPS) is 11.8. The van der Waals surface area contributed by atoms with E-state index >= 15 is 0 Å². The van der Waals surface area contributed by atoms with Gasteiger partial charge in [-0.2, -0.15) is 0 Å². The van der Waals surface area contributed by atoms with Crippen LogP contribution in [0.5, 0.6) is 0 Å². The maximum Gasteiger partial charge on any atom is 0.334 e. The lowest BCUT2D eigenvalue weighted by atomic mass is 10.2. The van der Waals surface area contributed by atoms with E-state index in [9.17, 15) is 4.79 Å². The maximum atomic E-state index is 11.1. The first-order valence-corrected chi connectivity index (χ1v) is 5.50. The van der Waals surface area contributed by atoms with Gasteiger partial charge in [-0.05, 0) is 12.1 Å². The molecule has 0 spiro atoms. The van der Waals surface area contributed by atoms with Crippen molar-refractivity contribution in [2.24, 2.45) is 12.2 Å². The molecule has 0 aliphatic rings. The van der Waals surface area contributed by atoms with Crippen LogP contribution in [-0.4, -0.2) is 10.5 Å². The highest BCUT2D eigenvalue weighted by atomic mass is 16.7. The summed E-state index contributed by atoms with van der Waals surface area (Å²) in [6, 6.07) is 9.67. The summed E-state index contributed by atoms with van der Waals surface area (Å²) >= 11 is 0. The van der Waals surface area contributed by atoms with Crippen LogP contribution in [0.1, 0.15) is 13.3 Å². The number of fused-ring (bicyclic) bond motifs is 1. The standard InChI is InChI=1S/C13H14N2O2/c1-3-13(16)17-14-11-8-9-15(2)12-7-5-4-6-10(11)12/h4-9H,3H2,1-2H3/b14-11+. The molecular formula is C13H14N2O2. The maximum absolute atomic E-state index is 11.1. The Kier molecular flexibility index (Phi) is 3.23. The van der Waals surface area contributed by atoms with Gasteiger partial charge in [0.1, 0.15) is 5.36 Å². The Bertz CT molecular complexity index is 614. The van der Waals surface area contributed by atoms with Crippen LogP contribution in [0.4, 0.5) is 0 Å². The molecule has 17 heavy (non-hydrogen) atoms. The van der Waals surface area contributed by atoms with Crippen molar-refractivity contribution in [2.45, 2.75) is 13.3 Å². The topological polar surface area (TPSA) is 43.6 Å². The van der Waals surface area contributed by atoms with Crippen LogP contribution in [0, 0.1) is 0 Å². The van der Waals surface area contributed by atoms with E-state index in [-0.39, 0.29) is 5.97 Å². The Labute approximate surface area is 99.1 Å². The lowest BCUT2D eigenvalue weighted by Crippen LogP contribution is -2.09. The molecule has 4 heteroatoms. The number of carbonyl (C=O) groups excluding carboxylic acids is 1. The van der Waals surface area contributed by atoms with Crippen LogP contribution in [0.15, 0.2) is 41.7 Å². The molecule has 0 saturated heterocycles. The third-order valence-electron chi connectivity index (χ3n) is 2.55. The first kappa shape index (κ1) is 11.4. The summed E-state index contributed by atoms with van der Waals surface area (Å²) in [6.07, 6.45) is 2.21. The van der Waals surface area contributed by atoms with Gasteiger partial charge in [-0.15, -0.1) is 0 Å². The highest BCUT2D eigenvalue weighted by Crippen LogP contribution is 2.07. The molecule has 0 atom stereocenters. The Morgan fingerprint density at radius 1 is 1.35 bits per heavy atom. The molecule has 0 unspecified atom stereocenters. The van der Waals surface area contributed by atoms with Gasteiger partial charge in [0.25, 0.3) is 0 Å². The van der Waals surface area contributed by atoms with Crippen molar-refractivity contribution in [3.63, 3.8) is 0 Å². The molecule has 0 saturated carbocycles. The molecule has 1 aromatic heterocycles. The molecule has 4 nitrogen and oxygen atoms in total. The van der Waals surface area contributed by atoms with E-state index in [2.05, 4.69) is 5.16 Å². The average molecular weight is 230 g/mol. The molecule has 0 radical (unpaired) electrons. The van der Waals surface area contributed by atoms with Gasteiger partial charge in [-0.1, -0.05) is 30.3 Å². The fourth-order valence-corrected chi connectivity index (χ4v) is 1.59. The first-order valence-electron chi connectivity index (χ1n) is 5.50. The fraction of sp³-hybridized carbons (Fsp3) is 0.231. The van der Waals surface area contributed by atoms with Crippen LogP contribution < -0.4 is 5.36 Å². The van der Waals surface area contributed by atoms with Crippen LogP contribution in [-0.2, 0) is 16.7 Å². The van der Waals surface area contributed by atoms with Crippen molar-refractivity contribution in [2.75, 3.05) is 0 Å². The summed E-state index contributed by atoms with van der Waals surface area (Å²) in [6.45, 7) is 1.74. The van der Waals surface area contributed by atoms with Crippen LogP contribution in [0.25, 0.3) is 10.9 Å². The van der Waals surface area contributed by atoms with Crippen molar-refractivity contribution < 1.29 is 9.63 Å². The average Bonchev–Trinajstić information content (AvgIpc) is 2.38. The number of nitrogens with zero attached hydrogens (tertiary/aromatic N) is 2. The molecule has 1 aromatic carbocycles. The highest BCUT2D eigenvalue weighted by molar-refractivity contribution is 5.78. The number of benzene rings is 1. The molecule has 2 rings (SSSR count). The zero-order valence-electron chi connectivity index (χ0n) is 9.88. The van der Waals surface area contributed by atoms with E-state index < -0.39 is 0 Å². The zero-order chi connectivity index (χ0) is 12.3. The van der Waals surface area contributed by atoms with E-state index in [0.717, 1.165) is 10.9 Å². The van der Waals surface area contributed by atoms with Crippen molar-refractivity contribution >= 4 is 16.9 Å². The molecule has 0 aliphatic heterocycles. The van der Waals surface area contributed by atoms with Crippen LogP contribution in [0.2, 0.25) is 0 Å². The Morgan fingerprint density at radius 3 is 2.88 bits per heavy atom. The third kappa shape index (κ3) is 2.36. The molecule has 0 aliphatic carbocycles. The van der Waals surface area contributed by atoms with Crippen LogP contribution >= 0.6 is 0 Å².